The van der Waals surface area contributed by atoms with Gasteiger partial charge in [0.15, 0.2) is 0 Å². The van der Waals surface area contributed by atoms with Crippen molar-refractivity contribution in [3.63, 3.8) is 0 Å². The highest BCUT2D eigenvalue weighted by Crippen LogP contribution is 2.16. The molecule has 2 amide bonds. The number of rotatable bonds is 10. The number of benzene rings is 1. The van der Waals surface area contributed by atoms with Gasteiger partial charge in [-0.05, 0) is 35.9 Å². The Balaban J connectivity index is 1.53. The topological polar surface area (TPSA) is 164 Å². The van der Waals surface area contributed by atoms with Gasteiger partial charge < -0.3 is 21.5 Å². The third kappa shape index (κ3) is 6.94. The van der Waals surface area contributed by atoms with E-state index in [4.69, 9.17) is 5.73 Å². The molecule has 2 heterocycles. The van der Waals surface area contributed by atoms with Crippen LogP contribution in [-0.4, -0.2) is 44.7 Å². The Morgan fingerprint density at radius 2 is 1.67 bits per heavy atom. The van der Waals surface area contributed by atoms with E-state index in [9.17, 15) is 23.7 Å². The van der Waals surface area contributed by atoms with Crippen LogP contribution in [0.1, 0.15) is 24.9 Å². The molecule has 0 spiro atoms. The molecule has 2 atom stereocenters. The maximum absolute atomic E-state index is 12.4. The van der Waals surface area contributed by atoms with Crippen LogP contribution in [0.5, 0.6) is 0 Å². The summed E-state index contributed by atoms with van der Waals surface area (Å²) in [6, 6.07) is 13.4. The van der Waals surface area contributed by atoms with Crippen LogP contribution in [0.3, 0.4) is 0 Å². The summed E-state index contributed by atoms with van der Waals surface area (Å²) in [6.07, 6.45) is 1.56. The van der Waals surface area contributed by atoms with E-state index in [1.54, 1.807) is 48.7 Å². The molecule has 0 radical (unpaired) electrons. The minimum absolute atomic E-state index is 0.239. The average Bonchev–Trinajstić information content (AvgIpc) is 3.32. The smallest absolute Gasteiger partial charge is 0.323 e. The van der Waals surface area contributed by atoms with Crippen molar-refractivity contribution < 1.29 is 23.7 Å². The molecule has 2 unspecified atom stereocenters. The number of hydrogen-bond acceptors (Lipinski definition) is 7. The molecule has 12 heteroatoms. The molecule has 33 heavy (non-hydrogen) atoms. The number of thiophene rings is 1. The summed E-state index contributed by atoms with van der Waals surface area (Å²) in [6.45, 7) is -0.0492. The van der Waals surface area contributed by atoms with Crippen molar-refractivity contribution in [2.75, 3.05) is 12.3 Å². The molecular weight excluding hydrogens is 466 g/mol. The predicted octanol–water partition coefficient (Wildman–Crippen LogP) is 1.15. The minimum atomic E-state index is -1.76. The zero-order valence-corrected chi connectivity index (χ0v) is 18.8. The highest BCUT2D eigenvalue weighted by Gasteiger charge is 2.22. The Kier molecular flexibility index (Phi) is 8.24. The number of hydrogen-bond donors (Lipinski definition) is 5. The summed E-state index contributed by atoms with van der Waals surface area (Å²) >= 11 is 0.970. The van der Waals surface area contributed by atoms with E-state index < -0.39 is 28.9 Å². The van der Waals surface area contributed by atoms with Crippen molar-refractivity contribution in [3.05, 3.63) is 76.1 Å². The van der Waals surface area contributed by atoms with Gasteiger partial charge in [0.05, 0.1) is 14.6 Å². The van der Waals surface area contributed by atoms with Crippen molar-refractivity contribution in [1.29, 1.82) is 0 Å². The number of pyridine rings is 1. The van der Waals surface area contributed by atoms with Crippen LogP contribution in [0.25, 0.3) is 0 Å². The van der Waals surface area contributed by atoms with Crippen LogP contribution in [-0.2, 0) is 22.3 Å². The second-order valence-corrected chi connectivity index (χ2v) is 9.07. The van der Waals surface area contributed by atoms with Gasteiger partial charge >= 0.3 is 5.97 Å². The third-order valence-corrected chi connectivity index (χ3v) is 6.61. The highest BCUT2D eigenvalue weighted by molar-refractivity contribution is 7.83. The van der Waals surface area contributed by atoms with Crippen LogP contribution >= 0.6 is 11.3 Å². The van der Waals surface area contributed by atoms with E-state index in [0.717, 1.165) is 16.9 Å². The van der Waals surface area contributed by atoms with Crippen LogP contribution in [0.2, 0.25) is 0 Å². The molecule has 0 aliphatic heterocycles. The first-order chi connectivity index (χ1) is 15.8. The lowest BCUT2D eigenvalue weighted by molar-refractivity contribution is -0.138. The van der Waals surface area contributed by atoms with E-state index in [-0.39, 0.29) is 23.9 Å². The van der Waals surface area contributed by atoms with Crippen LogP contribution in [0.4, 0.5) is 5.82 Å². The summed E-state index contributed by atoms with van der Waals surface area (Å²) in [4.78, 5) is 41.2. The zero-order chi connectivity index (χ0) is 23.8. The van der Waals surface area contributed by atoms with Gasteiger partial charge in [0, 0.05) is 19.3 Å². The summed E-state index contributed by atoms with van der Waals surface area (Å²) in [5.41, 5.74) is 6.30. The Morgan fingerprint density at radius 1 is 1.00 bits per heavy atom. The summed E-state index contributed by atoms with van der Waals surface area (Å²) in [5.74, 6) is -1.78. The molecule has 0 fully saturated rings. The fourth-order valence-corrected chi connectivity index (χ4v) is 4.42. The molecule has 0 bridgehead atoms. The number of carboxylic acid groups (broad SMARTS) is 1. The minimum Gasteiger partial charge on any atom is -0.480 e. The molecule has 0 saturated carbocycles. The van der Waals surface area contributed by atoms with Crippen molar-refractivity contribution >= 4 is 45.9 Å². The number of aliphatic carboxylic acids is 1. The van der Waals surface area contributed by atoms with Crippen LogP contribution < -0.4 is 21.1 Å². The van der Waals surface area contributed by atoms with E-state index in [1.165, 1.54) is 12.1 Å². The molecule has 0 saturated heterocycles. The number of aromatic nitrogens is 1. The number of carbonyl (C=O) groups is 3. The first-order valence-corrected chi connectivity index (χ1v) is 11.6. The molecule has 0 aliphatic rings. The monoisotopic (exact) mass is 487 g/mol. The molecule has 6 N–H and O–H groups in total. The lowest BCUT2D eigenvalue weighted by atomic mass is 10.3. The van der Waals surface area contributed by atoms with Crippen molar-refractivity contribution in [2.24, 2.45) is 0 Å². The number of nitrogens with two attached hydrogens (primary N) is 1. The Labute approximate surface area is 195 Å². The number of nitrogens with zero attached hydrogens (tertiary/aromatic N) is 1. The second-order valence-electron chi connectivity index (χ2n) is 6.74. The van der Waals surface area contributed by atoms with Crippen molar-refractivity contribution in [1.82, 2.24) is 20.3 Å². The SMILES string of the molecule is Nc1ccc(CNC(=O)c2ccc(C(=O)NCC(NS(=O)c3ccccc3)C(=O)O)s2)cn1. The zero-order valence-electron chi connectivity index (χ0n) is 17.2. The van der Waals surface area contributed by atoms with E-state index in [2.05, 4.69) is 20.3 Å². The summed E-state index contributed by atoms with van der Waals surface area (Å²) in [7, 11) is -1.76. The van der Waals surface area contributed by atoms with Gasteiger partial charge in [0.25, 0.3) is 11.8 Å². The van der Waals surface area contributed by atoms with Crippen molar-refractivity contribution in [2.45, 2.75) is 17.5 Å². The molecular formula is C21H21N5O5S2. The Morgan fingerprint density at radius 3 is 2.27 bits per heavy atom. The fraction of sp³-hybridized carbons (Fsp3) is 0.143. The van der Waals surface area contributed by atoms with Crippen LogP contribution in [0, 0.1) is 0 Å². The molecule has 3 rings (SSSR count). The lowest BCUT2D eigenvalue weighted by Crippen LogP contribution is -2.46. The molecule has 0 aliphatic carbocycles. The normalized spacial score (nSPS) is 12.5. The summed E-state index contributed by atoms with van der Waals surface area (Å²) < 4.78 is 14.8. The van der Waals surface area contributed by atoms with E-state index in [0.29, 0.717) is 15.6 Å². The number of carboxylic acids is 1. The van der Waals surface area contributed by atoms with Gasteiger partial charge in [-0.1, -0.05) is 24.3 Å². The van der Waals surface area contributed by atoms with E-state index >= 15 is 0 Å². The van der Waals surface area contributed by atoms with Gasteiger partial charge in [0.1, 0.15) is 22.8 Å². The number of amides is 2. The number of anilines is 1. The number of nitrogen functional groups attached to an aromatic ring is 1. The maximum Gasteiger partial charge on any atom is 0.323 e. The highest BCUT2D eigenvalue weighted by atomic mass is 32.2. The second kappa shape index (κ2) is 11.3. The quantitative estimate of drug-likeness (QED) is 0.286. The Hall–Kier alpha value is -3.61. The van der Waals surface area contributed by atoms with Crippen LogP contribution in [0.15, 0.2) is 65.7 Å². The predicted molar refractivity (Wildman–Crippen MR) is 124 cm³/mol. The lowest BCUT2D eigenvalue weighted by Gasteiger charge is -2.14. The Bertz CT molecular complexity index is 1150. The standard InChI is InChI=1S/C21H21N5O5S2/c22-18-9-6-13(10-23-18)11-24-19(27)16-7-8-17(32-16)20(28)25-12-15(21(29)30)26-33(31)14-4-2-1-3-5-14/h1-10,15,26H,11-12H2,(H2,22,23)(H,24,27)(H,25,28)(H,29,30). The number of carbonyl (C=O) groups excluding carboxylic acids is 2. The first-order valence-electron chi connectivity index (χ1n) is 9.66. The largest absolute Gasteiger partial charge is 0.480 e. The van der Waals surface area contributed by atoms with Gasteiger partial charge in [-0.15, -0.1) is 11.3 Å². The van der Waals surface area contributed by atoms with Gasteiger partial charge in [-0.25, -0.2) is 13.9 Å². The first kappa shape index (κ1) is 24.0. The molecule has 2 aromatic heterocycles. The van der Waals surface area contributed by atoms with Gasteiger partial charge in [0.2, 0.25) is 0 Å². The maximum atomic E-state index is 12.4. The molecule has 1 aromatic carbocycles. The average molecular weight is 488 g/mol. The number of nitrogens with one attached hydrogen (secondary N) is 3. The molecule has 10 nitrogen and oxygen atoms in total. The van der Waals surface area contributed by atoms with Crippen molar-refractivity contribution in [3.8, 4) is 0 Å². The van der Waals surface area contributed by atoms with Gasteiger partial charge in [-0.2, -0.15) is 0 Å². The third-order valence-electron chi connectivity index (χ3n) is 4.33. The fourth-order valence-electron chi connectivity index (χ4n) is 2.59. The molecule has 3 aromatic rings. The van der Waals surface area contributed by atoms with Gasteiger partial charge in [-0.3, -0.25) is 14.4 Å². The summed E-state index contributed by atoms with van der Waals surface area (Å²) in [5, 5.41) is 14.6. The van der Waals surface area contributed by atoms with E-state index in [1.807, 2.05) is 0 Å². The molecule has 172 valence electrons.